The van der Waals surface area contributed by atoms with Crippen LogP contribution in [-0.4, -0.2) is 13.7 Å². The van der Waals surface area contributed by atoms with Crippen LogP contribution in [0.4, 0.5) is 0 Å². The molecule has 132 valence electrons. The van der Waals surface area contributed by atoms with E-state index in [1.165, 1.54) is 36.4 Å². The second kappa shape index (κ2) is 6.34. The van der Waals surface area contributed by atoms with E-state index in [2.05, 4.69) is 0 Å². The van der Waals surface area contributed by atoms with Crippen molar-refractivity contribution in [2.24, 2.45) is 0 Å². The fraction of sp³-hybridized carbons (Fsp3) is 0.400. The molecule has 1 aromatic heterocycles. The Balaban J connectivity index is 4.60. The van der Waals surface area contributed by atoms with Crippen LogP contribution in [0.15, 0.2) is 14.4 Å². The summed E-state index contributed by atoms with van der Waals surface area (Å²) in [7, 11) is 0. The van der Waals surface area contributed by atoms with E-state index in [0.29, 0.717) is 0 Å². The number of aromatic nitrogens is 3. The van der Waals surface area contributed by atoms with Crippen molar-refractivity contribution in [3.8, 4) is 36.4 Å². The van der Waals surface area contributed by atoms with Gasteiger partial charge in [0.15, 0.2) is 0 Å². The molecule has 0 aliphatic carbocycles. The summed E-state index contributed by atoms with van der Waals surface area (Å²) in [6, 6.07) is 8.50. The van der Waals surface area contributed by atoms with Crippen LogP contribution in [0.1, 0.15) is 20.8 Å². The van der Waals surface area contributed by atoms with E-state index in [1.54, 1.807) is 0 Å². The SMILES string of the molecule is CC(C#N)(C#N)n1c(=O)n(C(C)(C#N)C#N)c(=O)n(C(C)(C#N)C#N)c1=O. The van der Waals surface area contributed by atoms with Crippen LogP contribution >= 0.6 is 0 Å². The summed E-state index contributed by atoms with van der Waals surface area (Å²) in [4.78, 5) is 38.2. The molecule has 1 heterocycles. The summed E-state index contributed by atoms with van der Waals surface area (Å²) in [5.74, 6) is 0. The molecule has 0 aliphatic heterocycles. The van der Waals surface area contributed by atoms with Gasteiger partial charge < -0.3 is 0 Å². The first-order valence-electron chi connectivity index (χ1n) is 6.97. The molecule has 0 radical (unpaired) electrons. The van der Waals surface area contributed by atoms with E-state index >= 15 is 0 Å². The van der Waals surface area contributed by atoms with Gasteiger partial charge in [-0.15, -0.1) is 0 Å². The predicted octanol–water partition coefficient (Wildman–Crippen LogP) is -1.54. The molecule has 0 aromatic carbocycles. The molecule has 0 atom stereocenters. The summed E-state index contributed by atoms with van der Waals surface area (Å²) in [5, 5.41) is 55.5. The zero-order chi connectivity index (χ0) is 21.2. The molecule has 0 bridgehead atoms. The van der Waals surface area contributed by atoms with Crippen LogP contribution in [0, 0.1) is 68.0 Å². The minimum Gasteiger partial charge on any atom is -0.247 e. The lowest BCUT2D eigenvalue weighted by Gasteiger charge is -2.25. The normalized spacial score (nSPS) is 11.0. The Kier molecular flexibility index (Phi) is 4.79. The van der Waals surface area contributed by atoms with Crippen molar-refractivity contribution in [1.82, 2.24) is 13.7 Å². The standard InChI is InChI=1S/C15H9N9O3/c1-13(4-16,5-17)22-10(25)23(14(2,6-18)7-19)12(27)24(11(22)26)15(3,8-20)9-21/h1-3H3. The Bertz CT molecular complexity index is 1020. The van der Waals surface area contributed by atoms with E-state index in [4.69, 9.17) is 0 Å². The Morgan fingerprint density at radius 3 is 0.778 bits per heavy atom. The van der Waals surface area contributed by atoms with Crippen LogP contribution in [0.25, 0.3) is 0 Å². The average molecular weight is 363 g/mol. The van der Waals surface area contributed by atoms with E-state index in [1.807, 2.05) is 0 Å². The zero-order valence-electron chi connectivity index (χ0n) is 14.2. The monoisotopic (exact) mass is 363 g/mol. The van der Waals surface area contributed by atoms with Gasteiger partial charge in [-0.2, -0.15) is 31.6 Å². The third-order valence-corrected chi connectivity index (χ3v) is 3.80. The minimum atomic E-state index is -2.46. The van der Waals surface area contributed by atoms with Gasteiger partial charge in [0.05, 0.1) is 0 Å². The first kappa shape index (κ1) is 20.4. The summed E-state index contributed by atoms with van der Waals surface area (Å²) >= 11 is 0. The molecule has 0 unspecified atom stereocenters. The highest BCUT2D eigenvalue weighted by molar-refractivity contribution is 5.23. The highest BCUT2D eigenvalue weighted by atomic mass is 16.2. The van der Waals surface area contributed by atoms with Gasteiger partial charge in [0.1, 0.15) is 36.4 Å². The number of hydrogen-bond acceptors (Lipinski definition) is 9. The van der Waals surface area contributed by atoms with Gasteiger partial charge >= 0.3 is 17.1 Å². The first-order valence-corrected chi connectivity index (χ1v) is 6.97. The largest absolute Gasteiger partial charge is 0.340 e. The topological polar surface area (TPSA) is 209 Å². The molecule has 0 fully saturated rings. The van der Waals surface area contributed by atoms with Crippen molar-refractivity contribution < 1.29 is 0 Å². The lowest BCUT2D eigenvalue weighted by atomic mass is 10.0. The molecule has 0 aliphatic rings. The molecule has 12 heteroatoms. The molecule has 0 saturated carbocycles. The van der Waals surface area contributed by atoms with Gasteiger partial charge in [-0.05, 0) is 20.8 Å². The van der Waals surface area contributed by atoms with Crippen molar-refractivity contribution in [1.29, 1.82) is 31.6 Å². The van der Waals surface area contributed by atoms with Crippen molar-refractivity contribution in [2.75, 3.05) is 0 Å². The number of hydrogen-bond donors (Lipinski definition) is 0. The van der Waals surface area contributed by atoms with Gasteiger partial charge in [-0.25, -0.2) is 28.1 Å². The molecule has 0 N–H and O–H groups in total. The molecular weight excluding hydrogens is 354 g/mol. The summed E-state index contributed by atoms with van der Waals surface area (Å²) < 4.78 is 0.0662. The fourth-order valence-electron chi connectivity index (χ4n) is 2.07. The van der Waals surface area contributed by atoms with E-state index < -0.39 is 33.7 Å². The first-order chi connectivity index (χ1) is 12.5. The van der Waals surface area contributed by atoms with Gasteiger partial charge in [0, 0.05) is 0 Å². The number of rotatable bonds is 3. The summed E-state index contributed by atoms with van der Waals surface area (Å²) in [6.45, 7) is 2.63. The van der Waals surface area contributed by atoms with Crippen molar-refractivity contribution in [2.45, 2.75) is 37.4 Å². The highest BCUT2D eigenvalue weighted by Gasteiger charge is 2.42. The van der Waals surface area contributed by atoms with E-state index in [9.17, 15) is 46.0 Å². The Labute approximate surface area is 151 Å². The van der Waals surface area contributed by atoms with Crippen molar-refractivity contribution in [3.05, 3.63) is 31.5 Å². The molecule has 1 rings (SSSR count). The van der Waals surface area contributed by atoms with Crippen molar-refractivity contribution >= 4 is 0 Å². The van der Waals surface area contributed by atoms with Crippen LogP contribution < -0.4 is 17.1 Å². The molecule has 0 amide bonds. The third-order valence-electron chi connectivity index (χ3n) is 3.80. The lowest BCUT2D eigenvalue weighted by molar-refractivity contribution is 0.336. The van der Waals surface area contributed by atoms with Crippen LogP contribution in [0.3, 0.4) is 0 Å². The fourth-order valence-corrected chi connectivity index (χ4v) is 2.07. The lowest BCUT2D eigenvalue weighted by Crippen LogP contribution is -2.65. The summed E-state index contributed by atoms with van der Waals surface area (Å²) in [6.07, 6.45) is 0. The van der Waals surface area contributed by atoms with Crippen LogP contribution in [0.2, 0.25) is 0 Å². The third kappa shape index (κ3) is 2.61. The molecular formula is C15H9N9O3. The molecule has 1 aromatic rings. The highest BCUT2D eigenvalue weighted by Crippen LogP contribution is 2.14. The molecule has 27 heavy (non-hydrogen) atoms. The molecule has 0 spiro atoms. The molecule has 0 saturated heterocycles. The quantitative estimate of drug-likeness (QED) is 0.608. The van der Waals surface area contributed by atoms with Gasteiger partial charge in [-0.3, -0.25) is 0 Å². The predicted molar refractivity (Wildman–Crippen MR) is 83.8 cm³/mol. The smallest absolute Gasteiger partial charge is 0.247 e. The van der Waals surface area contributed by atoms with Gasteiger partial charge in [-0.1, -0.05) is 0 Å². The minimum absolute atomic E-state index is 0.0221. The summed E-state index contributed by atoms with van der Waals surface area (Å²) in [5.41, 5.74) is -12.1. The maximum Gasteiger partial charge on any atom is 0.340 e. The van der Waals surface area contributed by atoms with E-state index in [0.717, 1.165) is 20.8 Å². The van der Waals surface area contributed by atoms with Gasteiger partial charge in [0.2, 0.25) is 16.6 Å². The van der Waals surface area contributed by atoms with Crippen molar-refractivity contribution in [3.63, 3.8) is 0 Å². The van der Waals surface area contributed by atoms with Crippen LogP contribution in [-0.2, 0) is 16.6 Å². The Hall–Kier alpha value is -4.65. The zero-order valence-corrected chi connectivity index (χ0v) is 14.2. The average Bonchev–Trinajstić information content (AvgIpc) is 2.66. The second-order valence-electron chi connectivity index (χ2n) is 5.74. The number of nitrogens with zero attached hydrogens (tertiary/aromatic N) is 9. The number of nitriles is 6. The Morgan fingerprint density at radius 2 is 0.667 bits per heavy atom. The van der Waals surface area contributed by atoms with E-state index in [-0.39, 0.29) is 13.7 Å². The van der Waals surface area contributed by atoms with Crippen LogP contribution in [0.5, 0.6) is 0 Å². The molecule has 12 nitrogen and oxygen atoms in total. The maximum atomic E-state index is 12.7. The Morgan fingerprint density at radius 1 is 0.519 bits per heavy atom. The second-order valence-corrected chi connectivity index (χ2v) is 5.74. The maximum absolute atomic E-state index is 12.7. The van der Waals surface area contributed by atoms with Gasteiger partial charge in [0.25, 0.3) is 0 Å².